The van der Waals surface area contributed by atoms with Crippen molar-refractivity contribution in [1.29, 1.82) is 0 Å². The normalized spacial score (nSPS) is 20.5. The van der Waals surface area contributed by atoms with E-state index in [0.717, 1.165) is 25.3 Å². The fraction of sp³-hybridized carbons (Fsp3) is 0.464. The van der Waals surface area contributed by atoms with Crippen molar-refractivity contribution in [3.8, 4) is 0 Å². The number of aryl methyl sites for hydroxylation is 1. The summed E-state index contributed by atoms with van der Waals surface area (Å²) in [5.74, 6) is 1.13. The van der Waals surface area contributed by atoms with Gasteiger partial charge < -0.3 is 8.99 Å². The highest BCUT2D eigenvalue weighted by Crippen LogP contribution is 2.45. The first kappa shape index (κ1) is 25.2. The van der Waals surface area contributed by atoms with Crippen molar-refractivity contribution in [3.63, 3.8) is 0 Å². The van der Waals surface area contributed by atoms with E-state index >= 15 is 0 Å². The third kappa shape index (κ3) is 5.85. The zero-order valence-electron chi connectivity index (χ0n) is 21.4. The van der Waals surface area contributed by atoms with Gasteiger partial charge in [0.1, 0.15) is 5.82 Å². The Hall–Kier alpha value is -1.86. The minimum Gasteiger partial charge on any atom is -0.413 e. The number of hydrogen-bond acceptors (Lipinski definition) is 4. The van der Waals surface area contributed by atoms with Gasteiger partial charge in [0.05, 0.1) is 11.4 Å². The molecular formula is C28H39N3OSSi. The second-order valence-corrected chi connectivity index (χ2v) is 16.9. The van der Waals surface area contributed by atoms with E-state index in [9.17, 15) is 0 Å². The monoisotopic (exact) mass is 493 g/mol. The Balaban J connectivity index is 1.66. The van der Waals surface area contributed by atoms with Gasteiger partial charge in [-0.1, -0.05) is 69.3 Å². The Bertz CT molecular complexity index is 1050. The maximum Gasteiger partial charge on any atom is 0.192 e. The van der Waals surface area contributed by atoms with E-state index in [-0.39, 0.29) is 16.4 Å². The Morgan fingerprint density at radius 1 is 1.06 bits per heavy atom. The molecule has 2 aromatic carbocycles. The summed E-state index contributed by atoms with van der Waals surface area (Å²) in [6, 6.07) is 21.9. The van der Waals surface area contributed by atoms with E-state index in [1.807, 2.05) is 18.0 Å². The quantitative estimate of drug-likeness (QED) is 0.252. The van der Waals surface area contributed by atoms with Gasteiger partial charge in [-0.3, -0.25) is 4.90 Å². The van der Waals surface area contributed by atoms with E-state index in [1.165, 1.54) is 10.5 Å². The standard InChI is InChI=1S/C28H39N3OSSi/c1-28(2,3)34(5,6)32-23-19-25(31(21-23)20-22-13-9-7-10-14-22)26(27-29-17-18-30(27)4)33-24-15-11-8-12-16-24/h7-18,23,25-26H,19-21H2,1-6H3. The lowest BCUT2D eigenvalue weighted by atomic mass is 10.1. The molecule has 0 spiro atoms. The summed E-state index contributed by atoms with van der Waals surface area (Å²) in [5.41, 5.74) is 1.35. The molecular weight excluding hydrogens is 454 g/mol. The predicted octanol–water partition coefficient (Wildman–Crippen LogP) is 6.92. The summed E-state index contributed by atoms with van der Waals surface area (Å²) < 4.78 is 9.15. The smallest absolute Gasteiger partial charge is 0.192 e. The molecule has 34 heavy (non-hydrogen) atoms. The largest absolute Gasteiger partial charge is 0.413 e. The Morgan fingerprint density at radius 2 is 1.71 bits per heavy atom. The second-order valence-electron chi connectivity index (χ2n) is 11.0. The maximum absolute atomic E-state index is 6.97. The molecule has 0 bridgehead atoms. The van der Waals surface area contributed by atoms with Gasteiger partial charge in [0.15, 0.2) is 8.32 Å². The van der Waals surface area contributed by atoms with Gasteiger partial charge in [-0.05, 0) is 42.2 Å². The number of rotatable bonds is 8. The van der Waals surface area contributed by atoms with Crippen LogP contribution in [0.25, 0.3) is 0 Å². The zero-order valence-corrected chi connectivity index (χ0v) is 23.3. The second kappa shape index (κ2) is 10.4. The highest BCUT2D eigenvalue weighted by Gasteiger charge is 2.45. The van der Waals surface area contributed by atoms with Crippen LogP contribution >= 0.6 is 11.8 Å². The Labute approximate surface area is 210 Å². The topological polar surface area (TPSA) is 30.3 Å². The number of imidazole rings is 1. The molecule has 3 atom stereocenters. The van der Waals surface area contributed by atoms with Crippen LogP contribution in [0.15, 0.2) is 78.0 Å². The van der Waals surface area contributed by atoms with E-state index < -0.39 is 8.32 Å². The molecule has 1 aromatic heterocycles. The summed E-state index contributed by atoms with van der Waals surface area (Å²) >= 11 is 1.93. The van der Waals surface area contributed by atoms with Gasteiger partial charge in [0.2, 0.25) is 0 Å². The first-order valence-electron chi connectivity index (χ1n) is 12.3. The maximum atomic E-state index is 6.97. The molecule has 1 saturated heterocycles. The van der Waals surface area contributed by atoms with Crippen LogP contribution in [0.3, 0.4) is 0 Å². The van der Waals surface area contributed by atoms with Crippen molar-refractivity contribution < 1.29 is 4.43 Å². The van der Waals surface area contributed by atoms with Crippen LogP contribution in [0.4, 0.5) is 0 Å². The minimum atomic E-state index is -1.86. The van der Waals surface area contributed by atoms with Crippen molar-refractivity contribution in [2.24, 2.45) is 7.05 Å². The summed E-state index contributed by atoms with van der Waals surface area (Å²) in [6.07, 6.45) is 5.26. The van der Waals surface area contributed by atoms with Crippen LogP contribution in [-0.2, 0) is 18.0 Å². The molecule has 2 heterocycles. The van der Waals surface area contributed by atoms with E-state index in [0.29, 0.717) is 6.04 Å². The molecule has 1 fully saturated rings. The van der Waals surface area contributed by atoms with Crippen LogP contribution in [0.2, 0.25) is 18.1 Å². The number of nitrogens with zero attached hydrogens (tertiary/aromatic N) is 3. The van der Waals surface area contributed by atoms with Gasteiger partial charge in [0.25, 0.3) is 0 Å². The lowest BCUT2D eigenvalue weighted by molar-refractivity contribution is 0.177. The number of hydrogen-bond donors (Lipinski definition) is 0. The number of benzene rings is 2. The van der Waals surface area contributed by atoms with Crippen LogP contribution in [-0.4, -0.2) is 41.5 Å². The van der Waals surface area contributed by atoms with Gasteiger partial charge in [-0.25, -0.2) is 4.98 Å². The molecule has 182 valence electrons. The summed E-state index contributed by atoms with van der Waals surface area (Å²) in [4.78, 5) is 8.74. The molecule has 0 radical (unpaired) electrons. The van der Waals surface area contributed by atoms with E-state index in [1.54, 1.807) is 0 Å². The van der Waals surface area contributed by atoms with E-state index in [2.05, 4.69) is 117 Å². The molecule has 6 heteroatoms. The lowest BCUT2D eigenvalue weighted by Gasteiger charge is -2.38. The summed E-state index contributed by atoms with van der Waals surface area (Å²) in [5, 5.41) is 0.423. The van der Waals surface area contributed by atoms with Crippen LogP contribution < -0.4 is 0 Å². The molecule has 4 nitrogen and oxygen atoms in total. The van der Waals surface area contributed by atoms with Crippen LogP contribution in [0.1, 0.15) is 43.8 Å². The van der Waals surface area contributed by atoms with Crippen molar-refractivity contribution >= 4 is 20.1 Å². The van der Waals surface area contributed by atoms with Crippen LogP contribution in [0.5, 0.6) is 0 Å². The molecule has 0 N–H and O–H groups in total. The average molecular weight is 494 g/mol. The highest BCUT2D eigenvalue weighted by atomic mass is 32.2. The minimum absolute atomic E-state index is 0.202. The summed E-state index contributed by atoms with van der Waals surface area (Å²) in [7, 11) is 0.251. The molecule has 0 saturated carbocycles. The molecule has 0 aliphatic carbocycles. The zero-order chi connectivity index (χ0) is 24.3. The third-order valence-electron chi connectivity index (χ3n) is 7.38. The lowest BCUT2D eigenvalue weighted by Crippen LogP contribution is -2.44. The average Bonchev–Trinajstić information content (AvgIpc) is 3.38. The van der Waals surface area contributed by atoms with Gasteiger partial charge in [-0.15, -0.1) is 11.8 Å². The summed E-state index contributed by atoms with van der Waals surface area (Å²) in [6.45, 7) is 13.6. The molecule has 1 aliphatic rings. The molecule has 3 unspecified atom stereocenters. The van der Waals surface area contributed by atoms with Crippen molar-refractivity contribution in [2.45, 2.75) is 74.2 Å². The molecule has 0 amide bonds. The van der Waals surface area contributed by atoms with Crippen molar-refractivity contribution in [2.75, 3.05) is 6.54 Å². The fourth-order valence-electron chi connectivity index (χ4n) is 4.48. The van der Waals surface area contributed by atoms with Crippen LogP contribution in [0, 0.1) is 0 Å². The van der Waals surface area contributed by atoms with Gasteiger partial charge in [-0.2, -0.15) is 0 Å². The highest BCUT2D eigenvalue weighted by molar-refractivity contribution is 7.99. The predicted molar refractivity (Wildman–Crippen MR) is 146 cm³/mol. The number of aromatic nitrogens is 2. The molecule has 1 aliphatic heterocycles. The first-order chi connectivity index (χ1) is 16.1. The number of thioether (sulfide) groups is 1. The fourth-order valence-corrected chi connectivity index (χ4v) is 7.22. The number of likely N-dealkylation sites (tertiary alicyclic amines) is 1. The SMILES string of the molecule is Cn1ccnc1C(Sc1ccccc1)C1CC(O[Si](C)(C)C(C)(C)C)CN1Cc1ccccc1. The van der Waals surface area contributed by atoms with Gasteiger partial charge in [0, 0.05) is 43.5 Å². The Kier molecular flexibility index (Phi) is 7.72. The van der Waals surface area contributed by atoms with Gasteiger partial charge >= 0.3 is 0 Å². The third-order valence-corrected chi connectivity index (χ3v) is 13.2. The molecule has 4 rings (SSSR count). The Morgan fingerprint density at radius 3 is 2.29 bits per heavy atom. The molecule has 3 aromatic rings. The van der Waals surface area contributed by atoms with E-state index in [4.69, 9.17) is 9.41 Å². The van der Waals surface area contributed by atoms with Crippen molar-refractivity contribution in [1.82, 2.24) is 14.5 Å². The first-order valence-corrected chi connectivity index (χ1v) is 16.1. The van der Waals surface area contributed by atoms with Crippen molar-refractivity contribution in [3.05, 3.63) is 84.4 Å².